The van der Waals surface area contributed by atoms with Gasteiger partial charge in [-0.1, -0.05) is 18.2 Å². The summed E-state index contributed by atoms with van der Waals surface area (Å²) in [4.78, 5) is 16.3. The minimum Gasteiger partial charge on any atom is -0.330 e. The molecular weight excluding hydrogens is 202 g/mol. The first-order valence-electron chi connectivity index (χ1n) is 5.36. The van der Waals surface area contributed by atoms with E-state index in [2.05, 4.69) is 22.1 Å². The Kier molecular flexibility index (Phi) is 3.22. The molecule has 0 radical (unpaired) electrons. The van der Waals surface area contributed by atoms with Gasteiger partial charge in [0, 0.05) is 6.20 Å². The molecule has 2 aromatic rings. The third-order valence-electron chi connectivity index (χ3n) is 2.50. The molecule has 0 bridgehead atoms. The minimum absolute atomic E-state index is 0.178. The molecule has 1 aromatic carbocycles. The van der Waals surface area contributed by atoms with Gasteiger partial charge in [-0.25, -0.2) is 4.79 Å². The first kappa shape index (κ1) is 10.7. The maximum atomic E-state index is 11.0. The monoisotopic (exact) mass is 217 g/mol. The number of nitrogens with one attached hydrogen (secondary N) is 2. The molecule has 2 rings (SSSR count). The predicted octanol–water partition coefficient (Wildman–Crippen LogP) is 1.26. The van der Waals surface area contributed by atoms with E-state index in [9.17, 15) is 4.79 Å². The van der Waals surface area contributed by atoms with Crippen molar-refractivity contribution in [2.45, 2.75) is 12.8 Å². The van der Waals surface area contributed by atoms with E-state index in [1.807, 2.05) is 12.1 Å². The highest BCUT2D eigenvalue weighted by atomic mass is 16.1. The number of aromatic nitrogens is 2. The number of aryl methyl sites for hydroxylation is 1. The Morgan fingerprint density at radius 2 is 2.19 bits per heavy atom. The Morgan fingerprint density at radius 3 is 2.88 bits per heavy atom. The number of benzene rings is 1. The molecule has 0 unspecified atom stereocenters. The summed E-state index contributed by atoms with van der Waals surface area (Å²) < 4.78 is 0. The van der Waals surface area contributed by atoms with Gasteiger partial charge < -0.3 is 15.7 Å². The van der Waals surface area contributed by atoms with Gasteiger partial charge in [-0.05, 0) is 36.6 Å². The van der Waals surface area contributed by atoms with Gasteiger partial charge in [0.1, 0.15) is 0 Å². The average Bonchev–Trinajstić information content (AvgIpc) is 2.74. The van der Waals surface area contributed by atoms with Crippen molar-refractivity contribution in [3.05, 3.63) is 46.5 Å². The number of aromatic amines is 2. The van der Waals surface area contributed by atoms with E-state index in [1.54, 1.807) is 6.20 Å². The molecule has 4 nitrogen and oxygen atoms in total. The summed E-state index contributed by atoms with van der Waals surface area (Å²) in [5, 5.41) is 0. The molecule has 0 atom stereocenters. The summed E-state index contributed by atoms with van der Waals surface area (Å²) in [5.74, 6) is 0. The molecule has 16 heavy (non-hydrogen) atoms. The smallest absolute Gasteiger partial charge is 0.323 e. The van der Waals surface area contributed by atoms with Crippen molar-refractivity contribution < 1.29 is 0 Å². The van der Waals surface area contributed by atoms with Crippen LogP contribution >= 0.6 is 0 Å². The minimum atomic E-state index is -0.178. The molecule has 84 valence electrons. The van der Waals surface area contributed by atoms with Gasteiger partial charge in [-0.3, -0.25) is 0 Å². The van der Waals surface area contributed by atoms with Gasteiger partial charge in [-0.15, -0.1) is 0 Å². The van der Waals surface area contributed by atoms with Crippen molar-refractivity contribution in [2.75, 3.05) is 6.54 Å². The summed E-state index contributed by atoms with van der Waals surface area (Å²) in [6.07, 6.45) is 3.64. The Morgan fingerprint density at radius 1 is 1.31 bits per heavy atom. The molecule has 0 fully saturated rings. The first-order valence-corrected chi connectivity index (χ1v) is 5.36. The first-order chi connectivity index (χ1) is 7.79. The van der Waals surface area contributed by atoms with E-state index >= 15 is 0 Å². The highest BCUT2D eigenvalue weighted by Crippen LogP contribution is 2.17. The molecule has 4 heteroatoms. The second kappa shape index (κ2) is 4.81. The van der Waals surface area contributed by atoms with Crippen molar-refractivity contribution in [1.29, 1.82) is 0 Å². The fourth-order valence-corrected chi connectivity index (χ4v) is 1.69. The SMILES string of the molecule is NCCCc1cccc(-c2c[nH]c(=O)[nH]2)c1. The van der Waals surface area contributed by atoms with Gasteiger partial charge >= 0.3 is 5.69 Å². The van der Waals surface area contributed by atoms with Gasteiger partial charge in [0.25, 0.3) is 0 Å². The van der Waals surface area contributed by atoms with E-state index in [1.165, 1.54) is 5.56 Å². The molecule has 0 aliphatic heterocycles. The number of H-pyrrole nitrogens is 2. The van der Waals surface area contributed by atoms with Crippen molar-refractivity contribution in [3.8, 4) is 11.3 Å². The Balaban J connectivity index is 2.25. The lowest BCUT2D eigenvalue weighted by molar-refractivity contribution is 0.833. The highest BCUT2D eigenvalue weighted by Gasteiger charge is 2.01. The quantitative estimate of drug-likeness (QED) is 0.721. The Hall–Kier alpha value is -1.81. The number of hydrogen-bond acceptors (Lipinski definition) is 2. The number of nitrogens with two attached hydrogens (primary N) is 1. The molecule has 0 aliphatic rings. The standard InChI is InChI=1S/C12H15N3O/c13-6-2-4-9-3-1-5-10(7-9)11-8-14-12(16)15-11/h1,3,5,7-8H,2,4,6,13H2,(H2,14,15,16). The van der Waals surface area contributed by atoms with Gasteiger partial charge in [0.15, 0.2) is 0 Å². The third kappa shape index (κ3) is 2.41. The molecule has 4 N–H and O–H groups in total. The third-order valence-corrected chi connectivity index (χ3v) is 2.50. The molecule has 0 spiro atoms. The molecule has 1 aromatic heterocycles. The topological polar surface area (TPSA) is 74.7 Å². The molecule has 0 amide bonds. The van der Waals surface area contributed by atoms with Crippen LogP contribution in [0, 0.1) is 0 Å². The van der Waals surface area contributed by atoms with Crippen LogP contribution < -0.4 is 11.4 Å². The Labute approximate surface area is 93.5 Å². The lowest BCUT2D eigenvalue weighted by atomic mass is 10.1. The maximum absolute atomic E-state index is 11.0. The normalized spacial score (nSPS) is 10.6. The lowest BCUT2D eigenvalue weighted by Gasteiger charge is -2.02. The van der Waals surface area contributed by atoms with Crippen LogP contribution in [0.15, 0.2) is 35.3 Å². The highest BCUT2D eigenvalue weighted by molar-refractivity contribution is 5.58. The summed E-state index contributed by atoms with van der Waals surface area (Å²) in [6, 6.07) is 8.12. The average molecular weight is 217 g/mol. The Bertz CT molecular complexity index is 513. The van der Waals surface area contributed by atoms with E-state index < -0.39 is 0 Å². The van der Waals surface area contributed by atoms with Crippen LogP contribution in [0.1, 0.15) is 12.0 Å². The molecular formula is C12H15N3O. The van der Waals surface area contributed by atoms with Crippen molar-refractivity contribution in [2.24, 2.45) is 5.73 Å². The zero-order chi connectivity index (χ0) is 11.4. The summed E-state index contributed by atoms with van der Waals surface area (Å²) in [7, 11) is 0. The van der Waals surface area contributed by atoms with Crippen molar-refractivity contribution in [3.63, 3.8) is 0 Å². The van der Waals surface area contributed by atoms with Crippen LogP contribution in [0.25, 0.3) is 11.3 Å². The second-order valence-corrected chi connectivity index (χ2v) is 3.75. The summed E-state index contributed by atoms with van der Waals surface area (Å²) in [5.41, 5.74) is 8.38. The zero-order valence-corrected chi connectivity index (χ0v) is 8.99. The van der Waals surface area contributed by atoms with Crippen LogP contribution in [0.3, 0.4) is 0 Å². The molecule has 0 saturated carbocycles. The second-order valence-electron chi connectivity index (χ2n) is 3.75. The van der Waals surface area contributed by atoms with Crippen LogP contribution in [0.4, 0.5) is 0 Å². The van der Waals surface area contributed by atoms with Crippen molar-refractivity contribution >= 4 is 0 Å². The zero-order valence-electron chi connectivity index (χ0n) is 8.99. The van der Waals surface area contributed by atoms with Gasteiger partial charge in [0.2, 0.25) is 0 Å². The van der Waals surface area contributed by atoms with Crippen LogP contribution in [-0.2, 0) is 6.42 Å². The number of imidazole rings is 1. The van der Waals surface area contributed by atoms with E-state index in [-0.39, 0.29) is 5.69 Å². The van der Waals surface area contributed by atoms with Crippen LogP contribution in [0.2, 0.25) is 0 Å². The van der Waals surface area contributed by atoms with Gasteiger partial charge in [0.05, 0.1) is 5.69 Å². The van der Waals surface area contributed by atoms with E-state index in [0.29, 0.717) is 6.54 Å². The van der Waals surface area contributed by atoms with Crippen LogP contribution in [-0.4, -0.2) is 16.5 Å². The molecule has 0 aliphatic carbocycles. The summed E-state index contributed by atoms with van der Waals surface area (Å²) >= 11 is 0. The van der Waals surface area contributed by atoms with E-state index in [4.69, 9.17) is 5.73 Å². The van der Waals surface area contributed by atoms with E-state index in [0.717, 1.165) is 24.1 Å². The van der Waals surface area contributed by atoms with Crippen LogP contribution in [0.5, 0.6) is 0 Å². The largest absolute Gasteiger partial charge is 0.330 e. The number of rotatable bonds is 4. The maximum Gasteiger partial charge on any atom is 0.323 e. The molecule has 0 saturated heterocycles. The number of hydrogen-bond donors (Lipinski definition) is 3. The lowest BCUT2D eigenvalue weighted by Crippen LogP contribution is -2.01. The molecule has 1 heterocycles. The fourth-order valence-electron chi connectivity index (χ4n) is 1.69. The van der Waals surface area contributed by atoms with Gasteiger partial charge in [-0.2, -0.15) is 0 Å². The fraction of sp³-hybridized carbons (Fsp3) is 0.250. The summed E-state index contributed by atoms with van der Waals surface area (Å²) in [6.45, 7) is 0.700. The van der Waals surface area contributed by atoms with Crippen molar-refractivity contribution in [1.82, 2.24) is 9.97 Å². The predicted molar refractivity (Wildman–Crippen MR) is 64.2 cm³/mol.